The Hall–Kier alpha value is -0.870. The molecule has 0 radical (unpaired) electrons. The molecule has 5 aliphatic carbocycles. The lowest BCUT2D eigenvalue weighted by molar-refractivity contribution is -0.245. The molecule has 5 aliphatic rings. The van der Waals surface area contributed by atoms with E-state index in [4.69, 9.17) is 0 Å². The van der Waals surface area contributed by atoms with Crippen LogP contribution >= 0.6 is 0 Å². The first-order valence-corrected chi connectivity index (χ1v) is 13.9. The summed E-state index contributed by atoms with van der Waals surface area (Å²) in [5.74, 6) is -0.182. The summed E-state index contributed by atoms with van der Waals surface area (Å²) in [5.41, 5.74) is -0.349. The van der Waals surface area contributed by atoms with Crippen molar-refractivity contribution in [2.45, 2.75) is 118 Å². The van der Waals surface area contributed by atoms with Gasteiger partial charge in [0.2, 0.25) is 0 Å². The Morgan fingerprint density at radius 1 is 0.912 bits per heavy atom. The second-order valence-corrected chi connectivity index (χ2v) is 15.3. The van der Waals surface area contributed by atoms with Gasteiger partial charge >= 0.3 is 5.97 Å². The van der Waals surface area contributed by atoms with E-state index in [1.807, 2.05) is 0 Å². The van der Waals surface area contributed by atoms with Crippen LogP contribution in [0.25, 0.3) is 0 Å². The third kappa shape index (κ3) is 2.88. The average molecular weight is 473 g/mol. The Balaban J connectivity index is 1.67. The molecule has 4 heteroatoms. The van der Waals surface area contributed by atoms with Gasteiger partial charge in [-0.05, 0) is 103 Å². The fourth-order valence-corrected chi connectivity index (χ4v) is 10.8. The van der Waals surface area contributed by atoms with Crippen molar-refractivity contribution in [3.8, 4) is 0 Å². The third-order valence-corrected chi connectivity index (χ3v) is 12.7. The van der Waals surface area contributed by atoms with Crippen LogP contribution in [-0.4, -0.2) is 33.5 Å². The minimum Gasteiger partial charge on any atom is -0.481 e. The quantitative estimate of drug-likeness (QED) is 0.397. The van der Waals surface area contributed by atoms with E-state index in [1.165, 1.54) is 18.4 Å². The highest BCUT2D eigenvalue weighted by atomic mass is 16.4. The Bertz CT molecular complexity index is 919. The molecule has 0 heterocycles. The first-order chi connectivity index (χ1) is 15.6. The van der Waals surface area contributed by atoms with Gasteiger partial charge in [0.25, 0.3) is 0 Å². The molecule has 4 saturated carbocycles. The Labute approximate surface area is 206 Å². The van der Waals surface area contributed by atoms with Gasteiger partial charge in [-0.3, -0.25) is 4.79 Å². The largest absolute Gasteiger partial charge is 0.481 e. The summed E-state index contributed by atoms with van der Waals surface area (Å²) >= 11 is 0. The number of carboxylic acids is 1. The van der Waals surface area contributed by atoms with Gasteiger partial charge in [-0.1, -0.05) is 60.1 Å². The van der Waals surface area contributed by atoms with E-state index in [0.717, 1.165) is 32.1 Å². The van der Waals surface area contributed by atoms with Crippen LogP contribution in [0, 0.1) is 50.2 Å². The van der Waals surface area contributed by atoms with Crippen molar-refractivity contribution in [1.29, 1.82) is 0 Å². The summed E-state index contributed by atoms with van der Waals surface area (Å²) in [5, 5.41) is 33.7. The van der Waals surface area contributed by atoms with Crippen molar-refractivity contribution < 1.29 is 20.1 Å². The van der Waals surface area contributed by atoms with Gasteiger partial charge in [-0.25, -0.2) is 0 Å². The maximum Gasteiger partial charge on any atom is 0.314 e. The number of aliphatic hydroxyl groups is 2. The maximum absolute atomic E-state index is 13.5. The molecule has 4 nitrogen and oxygen atoms in total. The fourth-order valence-electron chi connectivity index (χ4n) is 10.8. The van der Waals surface area contributed by atoms with Gasteiger partial charge in [0, 0.05) is 0 Å². The molecule has 5 rings (SSSR count). The van der Waals surface area contributed by atoms with Crippen LogP contribution in [0.1, 0.15) is 106 Å². The number of allylic oxidation sites excluding steroid dienone is 1. The number of aliphatic carboxylic acids is 1. The van der Waals surface area contributed by atoms with Gasteiger partial charge in [0.15, 0.2) is 0 Å². The lowest BCUT2D eigenvalue weighted by Gasteiger charge is -2.71. The summed E-state index contributed by atoms with van der Waals surface area (Å²) in [6.45, 7) is 15.9. The predicted molar refractivity (Wildman–Crippen MR) is 134 cm³/mol. The molecule has 3 N–H and O–H groups in total. The van der Waals surface area contributed by atoms with Crippen LogP contribution in [0.15, 0.2) is 11.6 Å². The lowest BCUT2D eigenvalue weighted by Crippen LogP contribution is -2.69. The van der Waals surface area contributed by atoms with E-state index in [-0.39, 0.29) is 33.5 Å². The van der Waals surface area contributed by atoms with Crippen molar-refractivity contribution in [2.75, 3.05) is 0 Å². The van der Waals surface area contributed by atoms with Gasteiger partial charge in [0.1, 0.15) is 0 Å². The monoisotopic (exact) mass is 472 g/mol. The molecule has 0 aliphatic heterocycles. The summed E-state index contributed by atoms with van der Waals surface area (Å²) in [4.78, 5) is 13.5. The zero-order valence-electron chi connectivity index (χ0n) is 22.6. The van der Waals surface area contributed by atoms with E-state index in [1.54, 1.807) is 0 Å². The summed E-state index contributed by atoms with van der Waals surface area (Å²) in [6, 6.07) is 0. The lowest BCUT2D eigenvalue weighted by atomic mass is 9.33. The Morgan fingerprint density at radius 2 is 1.56 bits per heavy atom. The van der Waals surface area contributed by atoms with Crippen LogP contribution < -0.4 is 0 Å². The van der Waals surface area contributed by atoms with Crippen molar-refractivity contribution in [3.63, 3.8) is 0 Å². The van der Waals surface area contributed by atoms with E-state index >= 15 is 0 Å². The number of hydrogen-bond donors (Lipinski definition) is 3. The summed E-state index contributed by atoms with van der Waals surface area (Å²) in [7, 11) is 0. The molecule has 9 atom stereocenters. The molecule has 34 heavy (non-hydrogen) atoms. The van der Waals surface area contributed by atoms with Crippen molar-refractivity contribution in [1.82, 2.24) is 0 Å². The second kappa shape index (κ2) is 7.12. The Morgan fingerprint density at radius 3 is 2.21 bits per heavy atom. The summed E-state index contributed by atoms with van der Waals surface area (Å²) in [6.07, 6.45) is 9.45. The highest BCUT2D eigenvalue weighted by Gasteiger charge is 2.73. The number of hydrogen-bond acceptors (Lipinski definition) is 3. The van der Waals surface area contributed by atoms with Gasteiger partial charge in [-0.15, -0.1) is 0 Å². The number of fused-ring (bicyclic) bond motifs is 7. The van der Waals surface area contributed by atoms with Crippen molar-refractivity contribution >= 4 is 5.97 Å². The summed E-state index contributed by atoms with van der Waals surface area (Å²) < 4.78 is 0. The molecule has 0 aromatic heterocycles. The molecule has 0 spiro atoms. The fraction of sp³-hybridized carbons (Fsp3) is 0.900. The van der Waals surface area contributed by atoms with Crippen LogP contribution in [-0.2, 0) is 4.79 Å². The molecule has 0 aromatic carbocycles. The predicted octanol–water partition coefficient (Wildman–Crippen LogP) is 6.20. The number of carbonyl (C=O) groups is 1. The Kier molecular flexibility index (Phi) is 5.20. The first kappa shape index (κ1) is 24.8. The van der Waals surface area contributed by atoms with E-state index < -0.39 is 29.0 Å². The standard InChI is InChI=1S/C30H48O4/c1-25(2)12-13-27(5)14-15-30(24(33)34)18(19(27)16-25)8-9-21-28(6)11-10-22(32)26(3,4)23(28)20(31)17-29(21,30)7/h8,19-23,31-32H,9-17H2,1-7H3,(H,33,34). The second-order valence-electron chi connectivity index (χ2n) is 15.3. The van der Waals surface area contributed by atoms with Gasteiger partial charge in [0.05, 0.1) is 17.6 Å². The molecule has 4 fully saturated rings. The van der Waals surface area contributed by atoms with Crippen molar-refractivity contribution in [3.05, 3.63) is 11.6 Å². The SMILES string of the molecule is CC1(C)CCC2(C)CCC3(C(=O)O)C(=CCC4C5(C)CCC(O)C(C)(C)C5C(O)CC43C)C2C1. The van der Waals surface area contributed by atoms with E-state index in [2.05, 4.69) is 54.5 Å². The highest BCUT2D eigenvalue weighted by molar-refractivity contribution is 5.81. The van der Waals surface area contributed by atoms with E-state index in [0.29, 0.717) is 18.8 Å². The topological polar surface area (TPSA) is 77.8 Å². The number of aliphatic hydroxyl groups excluding tert-OH is 2. The third-order valence-electron chi connectivity index (χ3n) is 12.7. The van der Waals surface area contributed by atoms with Crippen LogP contribution in [0.4, 0.5) is 0 Å². The number of rotatable bonds is 1. The minimum atomic E-state index is -0.900. The molecule has 0 aromatic rings. The molecule has 192 valence electrons. The van der Waals surface area contributed by atoms with Crippen LogP contribution in [0.2, 0.25) is 0 Å². The molecule has 0 saturated heterocycles. The minimum absolute atomic E-state index is 0.0231. The molecule has 9 unspecified atom stereocenters. The van der Waals surface area contributed by atoms with Crippen LogP contribution in [0.3, 0.4) is 0 Å². The molecule has 0 amide bonds. The van der Waals surface area contributed by atoms with Gasteiger partial charge in [-0.2, -0.15) is 0 Å². The molecular weight excluding hydrogens is 424 g/mol. The maximum atomic E-state index is 13.5. The van der Waals surface area contributed by atoms with Crippen molar-refractivity contribution in [2.24, 2.45) is 50.2 Å². The van der Waals surface area contributed by atoms with Gasteiger partial charge < -0.3 is 15.3 Å². The molecular formula is C30H48O4. The molecule has 0 bridgehead atoms. The highest BCUT2D eigenvalue weighted by Crippen LogP contribution is 2.75. The normalized spacial score (nSPS) is 53.4. The zero-order chi connectivity index (χ0) is 25.1. The van der Waals surface area contributed by atoms with E-state index in [9.17, 15) is 20.1 Å². The number of carboxylic acid groups (broad SMARTS) is 1. The smallest absolute Gasteiger partial charge is 0.314 e. The first-order valence-electron chi connectivity index (χ1n) is 13.9. The van der Waals surface area contributed by atoms with Crippen LogP contribution in [0.5, 0.6) is 0 Å². The zero-order valence-corrected chi connectivity index (χ0v) is 22.6. The average Bonchev–Trinajstić information content (AvgIpc) is 2.70.